The summed E-state index contributed by atoms with van der Waals surface area (Å²) in [5, 5.41) is 8.19. The number of carbonyl (C=O) groups is 1. The molecule has 0 saturated heterocycles. The van der Waals surface area contributed by atoms with Gasteiger partial charge >= 0.3 is 13.6 Å². The molecule has 0 fully saturated rings. The fraction of sp³-hybridized carbons (Fsp3) is 0.625. The van der Waals surface area contributed by atoms with Crippen LogP contribution in [0.5, 0.6) is 0 Å². The van der Waals surface area contributed by atoms with Crippen molar-refractivity contribution in [2.45, 2.75) is 20.8 Å². The van der Waals surface area contributed by atoms with Crippen LogP contribution in [0.25, 0.3) is 0 Å². The van der Waals surface area contributed by atoms with Gasteiger partial charge in [-0.15, -0.1) is 4.67 Å². The molecule has 0 amide bonds. The van der Waals surface area contributed by atoms with E-state index in [1.54, 1.807) is 13.8 Å². The van der Waals surface area contributed by atoms with Gasteiger partial charge in [-0.05, 0) is 18.4 Å². The normalized spacial score (nSPS) is 17.2. The van der Waals surface area contributed by atoms with Crippen LogP contribution in [0.4, 0.5) is 0 Å². The first-order chi connectivity index (χ1) is 6.74. The van der Waals surface area contributed by atoms with Crippen molar-refractivity contribution >= 4 is 13.6 Å². The monoisotopic (exact) mass is 238 g/mol. The van der Waals surface area contributed by atoms with E-state index in [9.17, 15) is 14.3 Å². The van der Waals surface area contributed by atoms with E-state index in [0.717, 1.165) is 7.11 Å². The van der Waals surface area contributed by atoms with Crippen molar-refractivity contribution in [2.24, 2.45) is 5.92 Å². The topological polar surface area (TPSA) is 93.1 Å². The molecule has 0 aliphatic heterocycles. The summed E-state index contributed by atoms with van der Waals surface area (Å²) in [4.78, 5) is 24.2. The lowest BCUT2D eigenvalue weighted by atomic mass is 10.1. The van der Waals surface area contributed by atoms with Gasteiger partial charge in [0, 0.05) is 0 Å². The predicted molar refractivity (Wildman–Crippen MR) is 53.1 cm³/mol. The molecule has 0 bridgehead atoms. The molecule has 0 saturated carbocycles. The maximum Gasteiger partial charge on any atom is 0.392 e. The summed E-state index contributed by atoms with van der Waals surface area (Å²) in [5.41, 5.74) is 0.283. The molecule has 6 nitrogen and oxygen atoms in total. The smallest absolute Gasteiger partial charge is 0.392 e. The summed E-state index contributed by atoms with van der Waals surface area (Å²) >= 11 is 0. The second-order valence-electron chi connectivity index (χ2n) is 3.25. The van der Waals surface area contributed by atoms with E-state index >= 15 is 0 Å². The first-order valence-electron chi connectivity index (χ1n) is 4.23. The molecule has 0 radical (unpaired) electrons. The molecule has 0 aliphatic rings. The molecule has 0 aliphatic carbocycles. The Kier molecular flexibility index (Phi) is 5.17. The van der Waals surface area contributed by atoms with E-state index in [4.69, 9.17) is 5.11 Å². The van der Waals surface area contributed by atoms with Crippen molar-refractivity contribution in [3.63, 3.8) is 0 Å². The number of hydrogen-bond acceptors (Lipinski definition) is 4. The zero-order valence-corrected chi connectivity index (χ0v) is 9.95. The zero-order chi connectivity index (χ0) is 12.2. The molecular weight excluding hydrogens is 223 g/mol. The number of allylic oxidation sites excluding steroid dienone is 1. The minimum Gasteiger partial charge on any atom is -0.477 e. The van der Waals surface area contributed by atoms with Crippen LogP contribution in [-0.2, 0) is 18.9 Å². The van der Waals surface area contributed by atoms with Gasteiger partial charge in [-0.25, -0.2) is 9.68 Å². The van der Waals surface area contributed by atoms with Gasteiger partial charge in [0.15, 0.2) is 0 Å². The van der Waals surface area contributed by atoms with Crippen molar-refractivity contribution in [3.8, 4) is 0 Å². The molecule has 2 N–H and O–H groups in total. The minimum atomic E-state index is -4.41. The van der Waals surface area contributed by atoms with Gasteiger partial charge in [0.05, 0.1) is 7.11 Å². The fourth-order valence-electron chi connectivity index (χ4n) is 0.924. The maximum atomic E-state index is 11.5. The maximum absolute atomic E-state index is 11.5. The average Bonchev–Trinajstić information content (AvgIpc) is 2.01. The van der Waals surface area contributed by atoms with Gasteiger partial charge < -0.3 is 10.00 Å². The van der Waals surface area contributed by atoms with Crippen LogP contribution in [0.1, 0.15) is 20.8 Å². The van der Waals surface area contributed by atoms with Crippen LogP contribution in [0.3, 0.4) is 0 Å². The Morgan fingerprint density at radius 3 is 2.13 bits per heavy atom. The molecule has 0 rings (SSSR count). The second-order valence-corrected chi connectivity index (χ2v) is 4.89. The summed E-state index contributed by atoms with van der Waals surface area (Å²) in [5.74, 6) is -1.65. The van der Waals surface area contributed by atoms with Crippen molar-refractivity contribution < 1.29 is 28.9 Å². The predicted octanol–water partition coefficient (Wildman–Crippen LogP) is 1.76. The van der Waals surface area contributed by atoms with Gasteiger partial charge in [-0.3, -0.25) is 4.57 Å². The second kappa shape index (κ2) is 5.42. The summed E-state index contributed by atoms with van der Waals surface area (Å²) in [6.45, 7) is 4.90. The van der Waals surface area contributed by atoms with Gasteiger partial charge in [0.25, 0.3) is 0 Å². The quantitative estimate of drug-likeness (QED) is 0.328. The van der Waals surface area contributed by atoms with E-state index in [2.05, 4.69) is 9.56 Å². The number of rotatable bonds is 5. The molecule has 0 aromatic rings. The van der Waals surface area contributed by atoms with Crippen molar-refractivity contribution in [2.75, 3.05) is 7.11 Å². The van der Waals surface area contributed by atoms with Gasteiger partial charge in [0.1, 0.15) is 5.31 Å². The summed E-state index contributed by atoms with van der Waals surface area (Å²) in [7, 11) is -3.38. The Morgan fingerprint density at radius 1 is 1.40 bits per heavy atom. The lowest BCUT2D eigenvalue weighted by Crippen LogP contribution is -2.09. The molecule has 15 heavy (non-hydrogen) atoms. The van der Waals surface area contributed by atoms with Crippen LogP contribution >= 0.6 is 7.60 Å². The van der Waals surface area contributed by atoms with E-state index in [0.29, 0.717) is 0 Å². The molecule has 1 atom stereocenters. The van der Waals surface area contributed by atoms with Crippen LogP contribution in [0.2, 0.25) is 0 Å². The molecule has 0 aromatic carbocycles. The van der Waals surface area contributed by atoms with E-state index in [1.807, 2.05) is 0 Å². The van der Waals surface area contributed by atoms with E-state index in [-0.39, 0.29) is 11.5 Å². The molecule has 1 unspecified atom stereocenters. The molecule has 0 spiro atoms. The molecule has 0 aromatic heterocycles. The first kappa shape index (κ1) is 14.3. The van der Waals surface area contributed by atoms with Crippen LogP contribution < -0.4 is 0 Å². The summed E-state index contributed by atoms with van der Waals surface area (Å²) in [6.07, 6.45) is 0. The minimum absolute atomic E-state index is 0.169. The molecular formula is C8H15O6P. The summed E-state index contributed by atoms with van der Waals surface area (Å²) in [6, 6.07) is 0. The van der Waals surface area contributed by atoms with Crippen molar-refractivity contribution in [3.05, 3.63) is 10.9 Å². The van der Waals surface area contributed by atoms with Crippen molar-refractivity contribution in [1.29, 1.82) is 0 Å². The number of aliphatic carboxylic acids is 1. The third kappa shape index (κ3) is 3.76. The average molecular weight is 238 g/mol. The highest BCUT2D eigenvalue weighted by Crippen LogP contribution is 2.53. The zero-order valence-electron chi connectivity index (χ0n) is 9.05. The highest BCUT2D eigenvalue weighted by Gasteiger charge is 2.35. The van der Waals surface area contributed by atoms with Crippen molar-refractivity contribution in [1.82, 2.24) is 0 Å². The van der Waals surface area contributed by atoms with Gasteiger partial charge in [-0.2, -0.15) is 0 Å². The van der Waals surface area contributed by atoms with Crippen LogP contribution in [-0.4, -0.2) is 23.1 Å². The third-order valence-corrected chi connectivity index (χ3v) is 3.36. The highest BCUT2D eigenvalue weighted by atomic mass is 31.2. The lowest BCUT2D eigenvalue weighted by Gasteiger charge is -2.15. The fourth-order valence-corrected chi connectivity index (χ4v) is 2.15. The number of carboxylic acid groups (broad SMARTS) is 1. The number of hydrogen-bond donors (Lipinski definition) is 2. The largest absolute Gasteiger partial charge is 0.477 e. The Hall–Kier alpha value is -0.680. The Labute approximate surface area is 88.0 Å². The summed E-state index contributed by atoms with van der Waals surface area (Å²) < 4.78 is 15.6. The first-order valence-corrected chi connectivity index (χ1v) is 5.81. The lowest BCUT2D eigenvalue weighted by molar-refractivity contribution is -0.184. The Bertz CT molecular complexity index is 319. The third-order valence-electron chi connectivity index (χ3n) is 1.90. The standard InChI is InChI=1S/C8H15O6P/c1-5(2)6(3)7(8(9)10)15(11,12)14-13-4/h5H,1-4H3,(H,9,10)(H,11,12). The molecule has 7 heteroatoms. The van der Waals surface area contributed by atoms with Crippen LogP contribution in [0, 0.1) is 5.92 Å². The SMILES string of the molecule is COOP(=O)(O)C(C(=O)O)=C(C)C(C)C. The van der Waals surface area contributed by atoms with Gasteiger partial charge in [0.2, 0.25) is 0 Å². The molecule has 0 heterocycles. The Balaban J connectivity index is 5.43. The highest BCUT2D eigenvalue weighted by molar-refractivity contribution is 7.58. The van der Waals surface area contributed by atoms with Crippen LogP contribution in [0.15, 0.2) is 10.9 Å². The molecule has 88 valence electrons. The van der Waals surface area contributed by atoms with E-state index in [1.165, 1.54) is 6.92 Å². The van der Waals surface area contributed by atoms with Gasteiger partial charge in [-0.1, -0.05) is 13.8 Å². The van der Waals surface area contributed by atoms with E-state index < -0.39 is 18.9 Å². The number of carboxylic acids is 1. The Morgan fingerprint density at radius 2 is 1.87 bits per heavy atom.